The number of hydrogen-bond acceptors (Lipinski definition) is 3. The SMILES string of the molecule is Cc1cnn(CC(=O)Nc2cn[nH]c2C2CC2)c1. The summed E-state index contributed by atoms with van der Waals surface area (Å²) in [6, 6.07) is 0. The van der Waals surface area contributed by atoms with E-state index in [9.17, 15) is 4.79 Å². The van der Waals surface area contributed by atoms with Gasteiger partial charge in [-0.1, -0.05) is 0 Å². The second-order valence-electron chi connectivity index (χ2n) is 4.74. The van der Waals surface area contributed by atoms with Crippen LogP contribution in [0.4, 0.5) is 5.69 Å². The molecule has 2 heterocycles. The lowest BCUT2D eigenvalue weighted by Gasteiger charge is -2.05. The third-order valence-corrected chi connectivity index (χ3v) is 3.00. The van der Waals surface area contributed by atoms with E-state index in [-0.39, 0.29) is 12.5 Å². The quantitative estimate of drug-likeness (QED) is 0.855. The summed E-state index contributed by atoms with van der Waals surface area (Å²) < 4.78 is 1.63. The molecular weight excluding hydrogens is 230 g/mol. The van der Waals surface area contributed by atoms with Crippen LogP contribution in [0.25, 0.3) is 0 Å². The lowest BCUT2D eigenvalue weighted by atomic mass is 10.2. The minimum Gasteiger partial charge on any atom is -0.322 e. The van der Waals surface area contributed by atoms with Gasteiger partial charge in [0.25, 0.3) is 0 Å². The molecule has 3 rings (SSSR count). The molecule has 18 heavy (non-hydrogen) atoms. The van der Waals surface area contributed by atoms with Crippen LogP contribution in [-0.2, 0) is 11.3 Å². The topological polar surface area (TPSA) is 75.6 Å². The zero-order valence-electron chi connectivity index (χ0n) is 10.2. The zero-order valence-corrected chi connectivity index (χ0v) is 10.2. The number of aromatic amines is 1. The summed E-state index contributed by atoms with van der Waals surface area (Å²) in [4.78, 5) is 11.9. The van der Waals surface area contributed by atoms with Crippen molar-refractivity contribution in [1.29, 1.82) is 0 Å². The monoisotopic (exact) mass is 245 g/mol. The summed E-state index contributed by atoms with van der Waals surface area (Å²) in [5.74, 6) is 0.455. The van der Waals surface area contributed by atoms with Crippen LogP contribution in [0.5, 0.6) is 0 Å². The molecule has 0 bridgehead atoms. The van der Waals surface area contributed by atoms with Crippen molar-refractivity contribution in [2.75, 3.05) is 5.32 Å². The number of nitrogens with zero attached hydrogens (tertiary/aromatic N) is 3. The summed E-state index contributed by atoms with van der Waals surface area (Å²) in [5.41, 5.74) is 2.89. The first-order chi connectivity index (χ1) is 8.72. The van der Waals surface area contributed by atoms with Gasteiger partial charge < -0.3 is 5.32 Å². The van der Waals surface area contributed by atoms with Gasteiger partial charge in [0, 0.05) is 12.1 Å². The van der Waals surface area contributed by atoms with Crippen molar-refractivity contribution in [3.8, 4) is 0 Å². The van der Waals surface area contributed by atoms with E-state index in [1.165, 1.54) is 12.8 Å². The lowest BCUT2D eigenvalue weighted by Crippen LogP contribution is -2.19. The fourth-order valence-electron chi connectivity index (χ4n) is 1.97. The fraction of sp³-hybridized carbons (Fsp3) is 0.417. The molecule has 1 aliphatic rings. The molecule has 2 aromatic rings. The highest BCUT2D eigenvalue weighted by atomic mass is 16.2. The predicted molar refractivity (Wildman–Crippen MR) is 66.2 cm³/mol. The molecule has 0 radical (unpaired) electrons. The van der Waals surface area contributed by atoms with Crippen LogP contribution in [0.15, 0.2) is 18.6 Å². The van der Waals surface area contributed by atoms with Gasteiger partial charge in [0.05, 0.1) is 23.8 Å². The highest BCUT2D eigenvalue weighted by molar-refractivity contribution is 5.91. The van der Waals surface area contributed by atoms with Crippen LogP contribution in [0.2, 0.25) is 0 Å². The molecule has 1 saturated carbocycles. The number of aromatic nitrogens is 4. The average Bonchev–Trinajstić information content (AvgIpc) is 2.94. The number of rotatable bonds is 4. The van der Waals surface area contributed by atoms with E-state index in [1.807, 2.05) is 13.1 Å². The van der Waals surface area contributed by atoms with E-state index in [2.05, 4.69) is 20.6 Å². The van der Waals surface area contributed by atoms with Gasteiger partial charge in [-0.2, -0.15) is 10.2 Å². The van der Waals surface area contributed by atoms with E-state index in [4.69, 9.17) is 0 Å². The Morgan fingerprint density at radius 2 is 2.39 bits per heavy atom. The molecule has 0 atom stereocenters. The van der Waals surface area contributed by atoms with Crippen molar-refractivity contribution in [2.45, 2.75) is 32.2 Å². The highest BCUT2D eigenvalue weighted by Gasteiger charge is 2.28. The van der Waals surface area contributed by atoms with Crippen LogP contribution in [0, 0.1) is 6.92 Å². The van der Waals surface area contributed by atoms with Gasteiger partial charge in [0.2, 0.25) is 5.91 Å². The van der Waals surface area contributed by atoms with Gasteiger partial charge in [0.1, 0.15) is 6.54 Å². The Bertz CT molecular complexity index is 567. The number of amides is 1. The van der Waals surface area contributed by atoms with Crippen molar-refractivity contribution < 1.29 is 4.79 Å². The summed E-state index contributed by atoms with van der Waals surface area (Å²) in [6.45, 7) is 2.17. The molecule has 94 valence electrons. The Morgan fingerprint density at radius 1 is 1.56 bits per heavy atom. The van der Waals surface area contributed by atoms with Crippen molar-refractivity contribution in [1.82, 2.24) is 20.0 Å². The number of H-pyrrole nitrogens is 1. The Hall–Kier alpha value is -2.11. The van der Waals surface area contributed by atoms with Gasteiger partial charge in [-0.3, -0.25) is 14.6 Å². The van der Waals surface area contributed by atoms with Crippen LogP contribution in [-0.4, -0.2) is 25.9 Å². The van der Waals surface area contributed by atoms with Gasteiger partial charge in [-0.15, -0.1) is 0 Å². The number of anilines is 1. The first kappa shape index (κ1) is 11.0. The van der Waals surface area contributed by atoms with Gasteiger partial charge in [0.15, 0.2) is 0 Å². The highest BCUT2D eigenvalue weighted by Crippen LogP contribution is 2.42. The number of carbonyl (C=O) groups excluding carboxylic acids is 1. The average molecular weight is 245 g/mol. The van der Waals surface area contributed by atoms with Crippen molar-refractivity contribution in [3.63, 3.8) is 0 Å². The maximum Gasteiger partial charge on any atom is 0.246 e. The molecule has 6 nitrogen and oxygen atoms in total. The largest absolute Gasteiger partial charge is 0.322 e. The Kier molecular flexibility index (Phi) is 2.62. The molecular formula is C12H15N5O. The summed E-state index contributed by atoms with van der Waals surface area (Å²) >= 11 is 0. The number of nitrogens with one attached hydrogen (secondary N) is 2. The number of aryl methyl sites for hydroxylation is 1. The molecule has 6 heteroatoms. The van der Waals surface area contributed by atoms with Crippen LogP contribution in [0.1, 0.15) is 30.0 Å². The van der Waals surface area contributed by atoms with E-state index in [1.54, 1.807) is 17.1 Å². The predicted octanol–water partition coefficient (Wildman–Crippen LogP) is 1.43. The minimum atomic E-state index is -0.0820. The van der Waals surface area contributed by atoms with Crippen LogP contribution >= 0.6 is 0 Å². The molecule has 0 spiro atoms. The van der Waals surface area contributed by atoms with E-state index < -0.39 is 0 Å². The molecule has 2 aromatic heterocycles. The fourth-order valence-corrected chi connectivity index (χ4v) is 1.97. The maximum absolute atomic E-state index is 11.9. The Morgan fingerprint density at radius 3 is 3.06 bits per heavy atom. The molecule has 0 aromatic carbocycles. The standard InChI is InChI=1S/C12H15N5O/c1-8-4-14-17(6-8)7-11(18)15-10-5-13-16-12(10)9-2-3-9/h4-6,9H,2-3,7H2,1H3,(H,13,16)(H,15,18). The second-order valence-corrected chi connectivity index (χ2v) is 4.74. The smallest absolute Gasteiger partial charge is 0.246 e. The molecule has 1 aliphatic carbocycles. The summed E-state index contributed by atoms with van der Waals surface area (Å²) in [5, 5.41) is 13.9. The van der Waals surface area contributed by atoms with Crippen molar-refractivity contribution in [2.24, 2.45) is 0 Å². The molecule has 2 N–H and O–H groups in total. The van der Waals surface area contributed by atoms with E-state index in [0.29, 0.717) is 5.92 Å². The molecule has 0 unspecified atom stereocenters. The first-order valence-electron chi connectivity index (χ1n) is 6.04. The minimum absolute atomic E-state index is 0.0820. The van der Waals surface area contributed by atoms with Crippen LogP contribution in [0.3, 0.4) is 0 Å². The summed E-state index contributed by atoms with van der Waals surface area (Å²) in [7, 11) is 0. The number of hydrogen-bond donors (Lipinski definition) is 2. The molecule has 1 fully saturated rings. The third-order valence-electron chi connectivity index (χ3n) is 3.00. The van der Waals surface area contributed by atoms with Crippen LogP contribution < -0.4 is 5.32 Å². The van der Waals surface area contributed by atoms with Gasteiger partial charge in [-0.05, 0) is 25.3 Å². The molecule has 0 saturated heterocycles. The third kappa shape index (κ3) is 2.27. The first-order valence-corrected chi connectivity index (χ1v) is 6.04. The lowest BCUT2D eigenvalue weighted by molar-refractivity contribution is -0.116. The normalized spacial score (nSPS) is 14.7. The second kappa shape index (κ2) is 4.29. The van der Waals surface area contributed by atoms with Gasteiger partial charge in [-0.25, -0.2) is 0 Å². The molecule has 1 amide bonds. The van der Waals surface area contributed by atoms with E-state index in [0.717, 1.165) is 16.9 Å². The van der Waals surface area contributed by atoms with Gasteiger partial charge >= 0.3 is 0 Å². The molecule has 0 aliphatic heterocycles. The zero-order chi connectivity index (χ0) is 12.5. The van der Waals surface area contributed by atoms with Crippen molar-refractivity contribution in [3.05, 3.63) is 29.8 Å². The Balaban J connectivity index is 1.65. The van der Waals surface area contributed by atoms with E-state index >= 15 is 0 Å². The Labute approximate surface area is 104 Å². The maximum atomic E-state index is 11.9. The van der Waals surface area contributed by atoms with Crippen molar-refractivity contribution >= 4 is 11.6 Å². The number of carbonyl (C=O) groups is 1. The summed E-state index contributed by atoms with van der Waals surface area (Å²) in [6.07, 6.45) is 7.59.